The predicted octanol–water partition coefficient (Wildman–Crippen LogP) is 2.46. The number of likely N-dealkylation sites (N-methyl/N-ethyl adjacent to an activating group) is 1. The van der Waals surface area contributed by atoms with Crippen LogP contribution in [0.15, 0.2) is 30.3 Å². The number of hydrogen-bond acceptors (Lipinski definition) is 3. The Morgan fingerprint density at radius 3 is 2.56 bits per heavy atom. The number of hydrogen-bond donors (Lipinski definition) is 0. The summed E-state index contributed by atoms with van der Waals surface area (Å²) >= 11 is 0. The first-order valence-electron chi connectivity index (χ1n) is 6.53. The lowest BCUT2D eigenvalue weighted by Crippen LogP contribution is -2.43. The van der Waals surface area contributed by atoms with Crippen molar-refractivity contribution in [1.82, 2.24) is 4.90 Å². The molecule has 1 fully saturated rings. The normalized spacial score (nSPS) is 26.1. The van der Waals surface area contributed by atoms with Crippen molar-refractivity contribution in [2.45, 2.75) is 32.4 Å². The molecule has 3 nitrogen and oxygen atoms in total. The van der Waals surface area contributed by atoms with E-state index in [9.17, 15) is 4.79 Å². The van der Waals surface area contributed by atoms with Crippen LogP contribution in [0.4, 0.5) is 0 Å². The first-order chi connectivity index (χ1) is 8.61. The molecule has 3 heteroatoms. The third-order valence-electron chi connectivity index (χ3n) is 3.85. The summed E-state index contributed by atoms with van der Waals surface area (Å²) in [5, 5.41) is 0. The zero-order valence-electron chi connectivity index (χ0n) is 11.3. The van der Waals surface area contributed by atoms with Crippen molar-refractivity contribution in [2.75, 3.05) is 13.7 Å². The van der Waals surface area contributed by atoms with E-state index in [4.69, 9.17) is 4.74 Å². The van der Waals surface area contributed by atoms with Gasteiger partial charge in [-0.3, -0.25) is 9.69 Å². The van der Waals surface area contributed by atoms with Crippen LogP contribution in [0.25, 0.3) is 0 Å². The summed E-state index contributed by atoms with van der Waals surface area (Å²) in [6.07, 6.45) is 0.898. The standard InChI is InChI=1S/C15H21NO2/c1-4-18-14(17)15(10-12(15)2)16(3)11-13-8-6-5-7-9-13/h5-9,12H,4,10-11H2,1-3H3/t12-,15-/m1/s1. The summed E-state index contributed by atoms with van der Waals surface area (Å²) in [6, 6.07) is 10.2. The Morgan fingerprint density at radius 2 is 2.06 bits per heavy atom. The summed E-state index contributed by atoms with van der Waals surface area (Å²) in [7, 11) is 2.01. The zero-order valence-corrected chi connectivity index (χ0v) is 11.3. The second-order valence-electron chi connectivity index (χ2n) is 5.09. The fraction of sp³-hybridized carbons (Fsp3) is 0.533. The van der Waals surface area contributed by atoms with Crippen molar-refractivity contribution in [3.8, 4) is 0 Å². The van der Waals surface area contributed by atoms with Crippen molar-refractivity contribution in [1.29, 1.82) is 0 Å². The second kappa shape index (κ2) is 5.11. The lowest BCUT2D eigenvalue weighted by atomic mass is 10.1. The Balaban J connectivity index is 2.07. The Labute approximate surface area is 109 Å². The molecule has 0 heterocycles. The van der Waals surface area contributed by atoms with Crippen LogP contribution < -0.4 is 0 Å². The number of esters is 1. The van der Waals surface area contributed by atoms with Crippen molar-refractivity contribution in [3.05, 3.63) is 35.9 Å². The van der Waals surface area contributed by atoms with Gasteiger partial charge in [0.2, 0.25) is 0 Å². The Kier molecular flexibility index (Phi) is 3.71. The molecule has 1 aliphatic rings. The molecule has 1 saturated carbocycles. The maximum absolute atomic E-state index is 12.1. The van der Waals surface area contributed by atoms with E-state index < -0.39 is 5.54 Å². The van der Waals surface area contributed by atoms with E-state index >= 15 is 0 Å². The van der Waals surface area contributed by atoms with Gasteiger partial charge in [-0.15, -0.1) is 0 Å². The maximum atomic E-state index is 12.1. The topological polar surface area (TPSA) is 29.5 Å². The molecule has 0 bridgehead atoms. The van der Waals surface area contributed by atoms with Gasteiger partial charge in [-0.1, -0.05) is 37.3 Å². The number of carbonyl (C=O) groups excluding carboxylic acids is 1. The number of ether oxygens (including phenoxy) is 1. The SMILES string of the molecule is CCOC(=O)[C@@]1(N(C)Cc2ccccc2)C[C@H]1C. The van der Waals surface area contributed by atoms with Gasteiger partial charge in [-0.05, 0) is 31.9 Å². The highest BCUT2D eigenvalue weighted by Crippen LogP contribution is 2.49. The molecule has 0 aromatic heterocycles. The molecule has 98 valence electrons. The predicted molar refractivity (Wildman–Crippen MR) is 71.1 cm³/mol. The van der Waals surface area contributed by atoms with E-state index in [1.807, 2.05) is 32.2 Å². The minimum Gasteiger partial charge on any atom is -0.465 e. The van der Waals surface area contributed by atoms with E-state index in [1.54, 1.807) is 0 Å². The minimum absolute atomic E-state index is 0.0732. The molecule has 2 atom stereocenters. The lowest BCUT2D eigenvalue weighted by Gasteiger charge is -2.27. The van der Waals surface area contributed by atoms with E-state index in [2.05, 4.69) is 24.0 Å². The molecule has 0 aliphatic heterocycles. The van der Waals surface area contributed by atoms with E-state index in [0.29, 0.717) is 12.5 Å². The van der Waals surface area contributed by atoms with Crippen LogP contribution in [0.2, 0.25) is 0 Å². The third kappa shape index (κ3) is 2.27. The van der Waals surface area contributed by atoms with Gasteiger partial charge in [0.15, 0.2) is 0 Å². The van der Waals surface area contributed by atoms with Gasteiger partial charge in [0.05, 0.1) is 6.61 Å². The average Bonchev–Trinajstić information content (AvgIpc) is 3.04. The van der Waals surface area contributed by atoms with E-state index in [-0.39, 0.29) is 5.97 Å². The Hall–Kier alpha value is -1.35. The van der Waals surface area contributed by atoms with Crippen LogP contribution in [0.5, 0.6) is 0 Å². The van der Waals surface area contributed by atoms with Crippen LogP contribution >= 0.6 is 0 Å². The van der Waals surface area contributed by atoms with Crippen LogP contribution in [-0.2, 0) is 16.1 Å². The second-order valence-corrected chi connectivity index (χ2v) is 5.09. The fourth-order valence-corrected chi connectivity index (χ4v) is 2.63. The molecule has 1 aromatic carbocycles. The molecule has 2 rings (SSSR count). The molecule has 0 N–H and O–H groups in total. The van der Waals surface area contributed by atoms with E-state index in [1.165, 1.54) is 5.56 Å². The van der Waals surface area contributed by atoms with Crippen LogP contribution in [0, 0.1) is 5.92 Å². The van der Waals surface area contributed by atoms with Crippen LogP contribution in [0.3, 0.4) is 0 Å². The highest BCUT2D eigenvalue weighted by molar-refractivity contribution is 5.85. The van der Waals surface area contributed by atoms with Crippen molar-refractivity contribution in [2.24, 2.45) is 5.92 Å². The molecule has 18 heavy (non-hydrogen) atoms. The molecular weight excluding hydrogens is 226 g/mol. The highest BCUT2D eigenvalue weighted by Gasteiger charge is 2.61. The van der Waals surface area contributed by atoms with Gasteiger partial charge in [-0.2, -0.15) is 0 Å². The molecule has 1 aliphatic carbocycles. The van der Waals surface area contributed by atoms with Crippen molar-refractivity contribution >= 4 is 5.97 Å². The van der Waals surface area contributed by atoms with Gasteiger partial charge in [-0.25, -0.2) is 0 Å². The quantitative estimate of drug-likeness (QED) is 0.749. The van der Waals surface area contributed by atoms with Crippen LogP contribution in [-0.4, -0.2) is 30.1 Å². The highest BCUT2D eigenvalue weighted by atomic mass is 16.5. The van der Waals surface area contributed by atoms with Crippen LogP contribution in [0.1, 0.15) is 25.8 Å². The summed E-state index contributed by atoms with van der Waals surface area (Å²) in [5.41, 5.74) is 0.828. The number of rotatable bonds is 5. The fourth-order valence-electron chi connectivity index (χ4n) is 2.63. The summed E-state index contributed by atoms with van der Waals surface area (Å²) < 4.78 is 5.22. The smallest absolute Gasteiger partial charge is 0.326 e. The van der Waals surface area contributed by atoms with Gasteiger partial charge in [0.1, 0.15) is 5.54 Å². The monoisotopic (exact) mass is 247 g/mol. The average molecular weight is 247 g/mol. The third-order valence-corrected chi connectivity index (χ3v) is 3.85. The molecule has 0 radical (unpaired) electrons. The molecule has 0 unspecified atom stereocenters. The molecule has 0 saturated heterocycles. The summed E-state index contributed by atoms with van der Waals surface area (Å²) in [4.78, 5) is 14.2. The first-order valence-corrected chi connectivity index (χ1v) is 6.53. The zero-order chi connectivity index (χ0) is 13.2. The van der Waals surface area contributed by atoms with Crippen molar-refractivity contribution in [3.63, 3.8) is 0 Å². The molecule has 0 amide bonds. The van der Waals surface area contributed by atoms with Gasteiger partial charge in [0.25, 0.3) is 0 Å². The van der Waals surface area contributed by atoms with Gasteiger partial charge in [0, 0.05) is 6.54 Å². The van der Waals surface area contributed by atoms with Gasteiger partial charge >= 0.3 is 5.97 Å². The minimum atomic E-state index is -0.397. The summed E-state index contributed by atoms with van der Waals surface area (Å²) in [6.45, 7) is 5.20. The Bertz CT molecular complexity index is 418. The molecule has 0 spiro atoms. The maximum Gasteiger partial charge on any atom is 0.326 e. The lowest BCUT2D eigenvalue weighted by molar-refractivity contribution is -0.151. The van der Waals surface area contributed by atoms with Gasteiger partial charge < -0.3 is 4.74 Å². The molecular formula is C15H21NO2. The summed E-state index contributed by atoms with van der Waals surface area (Å²) in [5.74, 6) is 0.307. The first kappa shape index (κ1) is 13.1. The number of benzene rings is 1. The Morgan fingerprint density at radius 1 is 1.44 bits per heavy atom. The largest absolute Gasteiger partial charge is 0.465 e. The van der Waals surface area contributed by atoms with E-state index in [0.717, 1.165) is 13.0 Å². The number of carbonyl (C=O) groups is 1. The molecule has 1 aromatic rings. The number of nitrogens with zero attached hydrogens (tertiary/aromatic N) is 1. The van der Waals surface area contributed by atoms with Crippen molar-refractivity contribution < 1.29 is 9.53 Å².